The third-order valence-electron chi connectivity index (χ3n) is 2.74. The van der Waals surface area contributed by atoms with Gasteiger partial charge in [-0.3, -0.25) is 9.69 Å². The monoisotopic (exact) mass is 245 g/mol. The predicted octanol–water partition coefficient (Wildman–Crippen LogP) is 1.18. The second-order valence-corrected chi connectivity index (χ2v) is 3.99. The van der Waals surface area contributed by atoms with Crippen LogP contribution in [0.1, 0.15) is 5.69 Å². The van der Waals surface area contributed by atoms with E-state index in [4.69, 9.17) is 15.0 Å². The van der Waals surface area contributed by atoms with Crippen LogP contribution in [0, 0.1) is 0 Å². The molecule has 1 aliphatic rings. The van der Waals surface area contributed by atoms with Gasteiger partial charge >= 0.3 is 0 Å². The van der Waals surface area contributed by atoms with E-state index in [0.29, 0.717) is 29.4 Å². The standard InChI is InChI=1S/C12H11N3O3/c13-8-1-2-11-10(5-8)15(12(16)7-17-11)6-9-3-4-18-14-9/h1-5H,6-7,13H2. The number of nitrogen functional groups attached to an aromatic ring is 1. The molecule has 0 bridgehead atoms. The van der Waals surface area contributed by atoms with E-state index in [1.165, 1.54) is 6.26 Å². The number of rotatable bonds is 2. The van der Waals surface area contributed by atoms with Gasteiger partial charge in [-0.1, -0.05) is 5.16 Å². The maximum Gasteiger partial charge on any atom is 0.265 e. The number of hydrogen-bond acceptors (Lipinski definition) is 5. The Kier molecular flexibility index (Phi) is 2.40. The highest BCUT2D eigenvalue weighted by molar-refractivity contribution is 5.98. The van der Waals surface area contributed by atoms with Gasteiger partial charge in [0.1, 0.15) is 17.7 Å². The molecule has 0 saturated heterocycles. The van der Waals surface area contributed by atoms with Gasteiger partial charge in [0.25, 0.3) is 5.91 Å². The van der Waals surface area contributed by atoms with Crippen LogP contribution >= 0.6 is 0 Å². The van der Waals surface area contributed by atoms with Crippen LogP contribution < -0.4 is 15.4 Å². The van der Waals surface area contributed by atoms with Crippen molar-refractivity contribution in [2.45, 2.75) is 6.54 Å². The van der Waals surface area contributed by atoms with E-state index in [9.17, 15) is 4.79 Å². The summed E-state index contributed by atoms with van der Waals surface area (Å²) in [7, 11) is 0. The lowest BCUT2D eigenvalue weighted by atomic mass is 10.2. The van der Waals surface area contributed by atoms with Gasteiger partial charge in [-0.2, -0.15) is 0 Å². The van der Waals surface area contributed by atoms with Gasteiger partial charge in [0.05, 0.1) is 12.2 Å². The number of benzene rings is 1. The van der Waals surface area contributed by atoms with Crippen LogP contribution in [0.15, 0.2) is 35.1 Å². The molecule has 2 heterocycles. The van der Waals surface area contributed by atoms with E-state index in [2.05, 4.69) is 5.16 Å². The lowest BCUT2D eigenvalue weighted by Gasteiger charge is -2.28. The van der Waals surface area contributed by atoms with Crippen molar-refractivity contribution in [2.24, 2.45) is 0 Å². The summed E-state index contributed by atoms with van der Waals surface area (Å²) >= 11 is 0. The maximum atomic E-state index is 11.9. The van der Waals surface area contributed by atoms with Crippen molar-refractivity contribution in [3.05, 3.63) is 36.2 Å². The van der Waals surface area contributed by atoms with Gasteiger partial charge in [0.15, 0.2) is 6.61 Å². The molecule has 2 aromatic rings. The van der Waals surface area contributed by atoms with Gasteiger partial charge in [-0.05, 0) is 18.2 Å². The summed E-state index contributed by atoms with van der Waals surface area (Å²) in [5, 5.41) is 3.80. The summed E-state index contributed by atoms with van der Waals surface area (Å²) < 4.78 is 10.1. The minimum atomic E-state index is -0.129. The zero-order valence-electron chi connectivity index (χ0n) is 9.50. The number of ether oxygens (including phenoxy) is 1. The molecule has 0 atom stereocenters. The average Bonchev–Trinajstić information content (AvgIpc) is 2.86. The van der Waals surface area contributed by atoms with E-state index < -0.39 is 0 Å². The minimum absolute atomic E-state index is 0.0226. The molecule has 18 heavy (non-hydrogen) atoms. The molecule has 2 N–H and O–H groups in total. The van der Waals surface area contributed by atoms with Crippen LogP contribution in [-0.2, 0) is 11.3 Å². The molecule has 0 radical (unpaired) electrons. The van der Waals surface area contributed by atoms with Gasteiger partial charge in [0, 0.05) is 11.8 Å². The number of aromatic nitrogens is 1. The molecule has 6 heteroatoms. The number of anilines is 2. The van der Waals surface area contributed by atoms with Crippen molar-refractivity contribution in [3.8, 4) is 5.75 Å². The Bertz CT molecular complexity index is 580. The molecule has 3 rings (SSSR count). The first-order chi connectivity index (χ1) is 8.74. The molecule has 0 spiro atoms. The van der Waals surface area contributed by atoms with Gasteiger partial charge in [-0.25, -0.2) is 0 Å². The van der Waals surface area contributed by atoms with E-state index in [1.807, 2.05) is 0 Å². The van der Waals surface area contributed by atoms with E-state index in [-0.39, 0.29) is 12.5 Å². The Hall–Kier alpha value is -2.50. The van der Waals surface area contributed by atoms with Crippen LogP contribution in [0.25, 0.3) is 0 Å². The lowest BCUT2D eigenvalue weighted by Crippen LogP contribution is -2.38. The largest absolute Gasteiger partial charge is 0.482 e. The van der Waals surface area contributed by atoms with Crippen LogP contribution in [-0.4, -0.2) is 17.7 Å². The third kappa shape index (κ3) is 1.77. The Morgan fingerprint density at radius 1 is 1.39 bits per heavy atom. The molecule has 1 aromatic heterocycles. The first-order valence-corrected chi connectivity index (χ1v) is 5.46. The highest BCUT2D eigenvalue weighted by Gasteiger charge is 2.26. The van der Waals surface area contributed by atoms with Crippen molar-refractivity contribution in [1.82, 2.24) is 5.16 Å². The number of nitrogens with zero attached hydrogens (tertiary/aromatic N) is 2. The minimum Gasteiger partial charge on any atom is -0.482 e. The highest BCUT2D eigenvalue weighted by Crippen LogP contribution is 2.34. The van der Waals surface area contributed by atoms with E-state index in [0.717, 1.165) is 0 Å². The smallest absolute Gasteiger partial charge is 0.265 e. The fourth-order valence-electron chi connectivity index (χ4n) is 1.87. The molecule has 6 nitrogen and oxygen atoms in total. The molecule has 92 valence electrons. The molecular formula is C12H11N3O3. The molecule has 1 amide bonds. The summed E-state index contributed by atoms with van der Waals surface area (Å²) in [5.41, 5.74) is 7.66. The maximum absolute atomic E-state index is 11.9. The van der Waals surface area contributed by atoms with Crippen molar-refractivity contribution in [1.29, 1.82) is 0 Å². The Balaban J connectivity index is 1.98. The fourth-order valence-corrected chi connectivity index (χ4v) is 1.87. The van der Waals surface area contributed by atoms with E-state index in [1.54, 1.807) is 29.2 Å². The molecule has 1 aliphatic heterocycles. The second-order valence-electron chi connectivity index (χ2n) is 3.99. The van der Waals surface area contributed by atoms with Crippen molar-refractivity contribution < 1.29 is 14.1 Å². The highest BCUT2D eigenvalue weighted by atomic mass is 16.5. The van der Waals surface area contributed by atoms with Crippen LogP contribution in [0.2, 0.25) is 0 Å². The molecule has 0 saturated carbocycles. The van der Waals surface area contributed by atoms with Crippen molar-refractivity contribution in [2.75, 3.05) is 17.2 Å². The summed E-state index contributed by atoms with van der Waals surface area (Å²) in [4.78, 5) is 13.5. The third-order valence-corrected chi connectivity index (χ3v) is 2.74. The average molecular weight is 245 g/mol. The molecular weight excluding hydrogens is 234 g/mol. The van der Waals surface area contributed by atoms with E-state index >= 15 is 0 Å². The first-order valence-electron chi connectivity index (χ1n) is 5.46. The predicted molar refractivity (Wildman–Crippen MR) is 64.0 cm³/mol. The van der Waals surface area contributed by atoms with Gasteiger partial charge in [0.2, 0.25) is 0 Å². The normalized spacial score (nSPS) is 14.2. The summed E-state index contributed by atoms with van der Waals surface area (Å²) in [5.74, 6) is 0.517. The molecule has 0 fully saturated rings. The zero-order chi connectivity index (χ0) is 12.5. The van der Waals surface area contributed by atoms with Crippen LogP contribution in [0.4, 0.5) is 11.4 Å². The quantitative estimate of drug-likeness (QED) is 0.803. The molecule has 0 aliphatic carbocycles. The summed E-state index contributed by atoms with van der Waals surface area (Å²) in [6, 6.07) is 6.93. The number of fused-ring (bicyclic) bond motifs is 1. The Labute approximate surface area is 103 Å². The van der Waals surface area contributed by atoms with Gasteiger partial charge in [-0.15, -0.1) is 0 Å². The second kappa shape index (κ2) is 4.06. The van der Waals surface area contributed by atoms with Gasteiger partial charge < -0.3 is 15.0 Å². The van der Waals surface area contributed by atoms with Crippen LogP contribution in [0.5, 0.6) is 5.75 Å². The molecule has 1 aromatic carbocycles. The van der Waals surface area contributed by atoms with Crippen LogP contribution in [0.3, 0.4) is 0 Å². The summed E-state index contributed by atoms with van der Waals surface area (Å²) in [6.45, 7) is 0.365. The fraction of sp³-hybridized carbons (Fsp3) is 0.167. The number of nitrogens with two attached hydrogens (primary N) is 1. The number of carbonyl (C=O) groups excluding carboxylic acids is 1. The molecule has 0 unspecified atom stereocenters. The number of carbonyl (C=O) groups is 1. The Morgan fingerprint density at radius 2 is 2.28 bits per heavy atom. The summed E-state index contributed by atoms with van der Waals surface area (Å²) in [6.07, 6.45) is 1.47. The van der Waals surface area contributed by atoms with Crippen molar-refractivity contribution >= 4 is 17.3 Å². The Morgan fingerprint density at radius 3 is 3.06 bits per heavy atom. The number of hydrogen-bond donors (Lipinski definition) is 1. The number of amides is 1. The zero-order valence-corrected chi connectivity index (χ0v) is 9.50. The van der Waals surface area contributed by atoms with Crippen molar-refractivity contribution in [3.63, 3.8) is 0 Å². The lowest BCUT2D eigenvalue weighted by molar-refractivity contribution is -0.121. The topological polar surface area (TPSA) is 81.6 Å². The SMILES string of the molecule is Nc1ccc2c(c1)N(Cc1ccon1)C(=O)CO2. The first kappa shape index (κ1) is 10.6.